The minimum atomic E-state index is 0.532. The van der Waals surface area contributed by atoms with Crippen molar-refractivity contribution in [1.82, 2.24) is 29.9 Å². The van der Waals surface area contributed by atoms with Gasteiger partial charge in [0.1, 0.15) is 12.4 Å². The van der Waals surface area contributed by atoms with Crippen molar-refractivity contribution in [1.29, 1.82) is 0 Å². The molecule has 3 rings (SSSR count). The van der Waals surface area contributed by atoms with Gasteiger partial charge < -0.3 is 24.3 Å². The number of aliphatic imine (C=N–C) groups is 1. The molecule has 0 radical (unpaired) electrons. The topological polar surface area (TPSA) is 80.0 Å². The number of aromatic nitrogens is 3. The summed E-state index contributed by atoms with van der Waals surface area (Å²) in [5.41, 5.74) is 0. The zero-order valence-electron chi connectivity index (χ0n) is 17.6. The van der Waals surface area contributed by atoms with Crippen LogP contribution >= 0.6 is 0 Å². The second-order valence-electron chi connectivity index (χ2n) is 7.38. The number of nitrogens with one attached hydrogen (secondary N) is 1. The van der Waals surface area contributed by atoms with E-state index in [-0.39, 0.29) is 0 Å². The highest BCUT2D eigenvalue weighted by Gasteiger charge is 2.30. The second kappa shape index (κ2) is 10.7. The fourth-order valence-corrected chi connectivity index (χ4v) is 3.70. The Morgan fingerprint density at radius 1 is 1.29 bits per heavy atom. The van der Waals surface area contributed by atoms with E-state index < -0.39 is 0 Å². The molecular weight excluding hydrogens is 358 g/mol. The molecule has 0 bridgehead atoms. The van der Waals surface area contributed by atoms with Gasteiger partial charge in [0.25, 0.3) is 0 Å². The number of rotatable bonds is 8. The third-order valence-electron chi connectivity index (χ3n) is 5.53. The average Bonchev–Trinajstić information content (AvgIpc) is 3.33. The van der Waals surface area contributed by atoms with Crippen molar-refractivity contribution < 1.29 is 9.47 Å². The van der Waals surface area contributed by atoms with E-state index in [1.165, 1.54) is 6.42 Å². The molecule has 2 saturated heterocycles. The first kappa shape index (κ1) is 21.0. The highest BCUT2D eigenvalue weighted by atomic mass is 16.5. The Kier molecular flexibility index (Phi) is 8.05. The Morgan fingerprint density at radius 3 is 2.82 bits per heavy atom. The molecule has 2 aliphatic heterocycles. The molecule has 158 valence electrons. The van der Waals surface area contributed by atoms with Crippen molar-refractivity contribution in [3.63, 3.8) is 0 Å². The summed E-state index contributed by atoms with van der Waals surface area (Å²) in [7, 11) is 1.99. The van der Waals surface area contributed by atoms with E-state index in [0.717, 1.165) is 83.2 Å². The van der Waals surface area contributed by atoms with Crippen molar-refractivity contribution >= 4 is 5.96 Å². The lowest BCUT2D eigenvalue weighted by Gasteiger charge is -2.32. The Hall–Kier alpha value is -1.71. The van der Waals surface area contributed by atoms with Gasteiger partial charge in [0.2, 0.25) is 0 Å². The van der Waals surface area contributed by atoms with E-state index >= 15 is 0 Å². The van der Waals surface area contributed by atoms with Crippen molar-refractivity contribution in [2.45, 2.75) is 39.3 Å². The Morgan fingerprint density at radius 2 is 2.11 bits per heavy atom. The lowest BCUT2D eigenvalue weighted by molar-refractivity contribution is 0.0195. The Bertz CT molecular complexity index is 628. The molecule has 1 unspecified atom stereocenters. The van der Waals surface area contributed by atoms with E-state index in [1.807, 2.05) is 25.5 Å². The second-order valence-corrected chi connectivity index (χ2v) is 7.38. The van der Waals surface area contributed by atoms with Gasteiger partial charge >= 0.3 is 0 Å². The number of aryl methyl sites for hydroxylation is 1. The van der Waals surface area contributed by atoms with Crippen LogP contribution in [0.2, 0.25) is 0 Å². The first-order valence-corrected chi connectivity index (χ1v) is 10.5. The summed E-state index contributed by atoms with van der Waals surface area (Å²) in [6.45, 7) is 12.7. The molecule has 3 heterocycles. The van der Waals surface area contributed by atoms with Gasteiger partial charge in [0, 0.05) is 59.0 Å². The molecular formula is C19H35N7O2. The molecule has 9 nitrogen and oxygen atoms in total. The largest absolute Gasteiger partial charge is 0.382 e. The number of nitrogens with zero attached hydrogens (tertiary/aromatic N) is 6. The fourth-order valence-electron chi connectivity index (χ4n) is 3.70. The highest BCUT2D eigenvalue weighted by Crippen LogP contribution is 2.17. The van der Waals surface area contributed by atoms with Gasteiger partial charge in [-0.3, -0.25) is 4.90 Å². The number of guanidine groups is 1. The van der Waals surface area contributed by atoms with Crippen molar-refractivity contribution in [3.8, 4) is 0 Å². The minimum Gasteiger partial charge on any atom is -0.382 e. The van der Waals surface area contributed by atoms with Crippen molar-refractivity contribution in [2.24, 2.45) is 12.0 Å². The number of hydrogen-bond donors (Lipinski definition) is 1. The maximum atomic E-state index is 5.50. The predicted molar refractivity (Wildman–Crippen MR) is 108 cm³/mol. The quantitative estimate of drug-likeness (QED) is 0.389. The Labute approximate surface area is 168 Å². The molecule has 9 heteroatoms. The molecule has 0 aliphatic carbocycles. The summed E-state index contributed by atoms with van der Waals surface area (Å²) >= 11 is 0. The van der Waals surface area contributed by atoms with E-state index in [4.69, 9.17) is 14.5 Å². The monoisotopic (exact) mass is 393 g/mol. The normalized spacial score (nSPS) is 21.5. The molecule has 0 amide bonds. The maximum Gasteiger partial charge on any atom is 0.194 e. The molecule has 1 atom stereocenters. The third-order valence-corrected chi connectivity index (χ3v) is 5.53. The van der Waals surface area contributed by atoms with Gasteiger partial charge in [-0.05, 0) is 26.7 Å². The summed E-state index contributed by atoms with van der Waals surface area (Å²) in [5.74, 6) is 2.76. The van der Waals surface area contributed by atoms with Crippen molar-refractivity contribution in [3.05, 3.63) is 11.6 Å². The van der Waals surface area contributed by atoms with Gasteiger partial charge in [-0.15, -0.1) is 10.2 Å². The summed E-state index contributed by atoms with van der Waals surface area (Å²) in [5, 5.41) is 11.9. The van der Waals surface area contributed by atoms with E-state index in [2.05, 4.69) is 25.3 Å². The van der Waals surface area contributed by atoms with Crippen LogP contribution in [0, 0.1) is 6.92 Å². The van der Waals surface area contributed by atoms with Gasteiger partial charge in [-0.25, -0.2) is 4.99 Å². The average molecular weight is 394 g/mol. The van der Waals surface area contributed by atoms with Gasteiger partial charge in [-0.2, -0.15) is 0 Å². The lowest BCUT2D eigenvalue weighted by Crippen LogP contribution is -2.47. The number of morpholine rings is 1. The fraction of sp³-hybridized carbons (Fsp3) is 0.842. The van der Waals surface area contributed by atoms with Gasteiger partial charge in [-0.1, -0.05) is 0 Å². The molecule has 2 fully saturated rings. The van der Waals surface area contributed by atoms with Crippen molar-refractivity contribution in [2.75, 3.05) is 59.2 Å². The highest BCUT2D eigenvalue weighted by molar-refractivity contribution is 5.80. The van der Waals surface area contributed by atoms with E-state index in [0.29, 0.717) is 12.6 Å². The molecule has 1 N–H and O–H groups in total. The minimum absolute atomic E-state index is 0.532. The first-order valence-electron chi connectivity index (χ1n) is 10.5. The number of hydrogen-bond acceptors (Lipinski definition) is 6. The molecule has 0 spiro atoms. The third kappa shape index (κ3) is 5.65. The predicted octanol–water partition coefficient (Wildman–Crippen LogP) is 0.402. The smallest absolute Gasteiger partial charge is 0.194 e. The van der Waals surface area contributed by atoms with Crippen LogP contribution in [0.15, 0.2) is 4.99 Å². The van der Waals surface area contributed by atoms with E-state index in [9.17, 15) is 0 Å². The van der Waals surface area contributed by atoms with E-state index in [1.54, 1.807) is 0 Å². The first-order chi connectivity index (χ1) is 13.7. The summed E-state index contributed by atoms with van der Waals surface area (Å²) < 4.78 is 12.9. The summed E-state index contributed by atoms with van der Waals surface area (Å²) in [6, 6.07) is 0.580. The summed E-state index contributed by atoms with van der Waals surface area (Å²) in [6.07, 6.45) is 2.14. The van der Waals surface area contributed by atoms with Crippen LogP contribution < -0.4 is 5.32 Å². The molecule has 0 aromatic carbocycles. The molecule has 0 saturated carbocycles. The van der Waals surface area contributed by atoms with Crippen LogP contribution in [-0.2, 0) is 23.1 Å². The Balaban J connectivity index is 1.60. The van der Waals surface area contributed by atoms with Gasteiger partial charge in [0.05, 0.1) is 13.2 Å². The standard InChI is InChI=1S/C19H35N7O2/c1-4-27-11-5-7-20-19(21-14-18-23-22-16(2)24(18)3)26-8-6-17(15-26)25-9-12-28-13-10-25/h17H,4-15H2,1-3H3,(H,20,21). The maximum absolute atomic E-state index is 5.50. The van der Waals surface area contributed by atoms with Crippen LogP contribution in [0.3, 0.4) is 0 Å². The van der Waals surface area contributed by atoms with Crippen LogP contribution in [0.1, 0.15) is 31.4 Å². The SMILES string of the molecule is CCOCCCNC(=NCc1nnc(C)n1C)N1CCC(N2CCOCC2)C1. The zero-order valence-corrected chi connectivity index (χ0v) is 17.6. The van der Waals surface area contributed by atoms with Crippen LogP contribution in [0.25, 0.3) is 0 Å². The number of likely N-dealkylation sites (tertiary alicyclic amines) is 1. The molecule has 28 heavy (non-hydrogen) atoms. The van der Waals surface area contributed by atoms with Crippen LogP contribution in [0.4, 0.5) is 0 Å². The summed E-state index contributed by atoms with van der Waals surface area (Å²) in [4.78, 5) is 9.81. The molecule has 2 aliphatic rings. The molecule has 1 aromatic rings. The van der Waals surface area contributed by atoms with Crippen LogP contribution in [-0.4, -0.2) is 95.7 Å². The zero-order chi connectivity index (χ0) is 19.8. The lowest BCUT2D eigenvalue weighted by atomic mass is 10.2. The van der Waals surface area contributed by atoms with Crippen LogP contribution in [0.5, 0.6) is 0 Å². The van der Waals surface area contributed by atoms with Gasteiger partial charge in [0.15, 0.2) is 11.8 Å². The molecule has 1 aromatic heterocycles. The number of ether oxygens (including phenoxy) is 2.